The Morgan fingerprint density at radius 3 is 2.22 bits per heavy atom. The number of aliphatic imine (C=N–C) groups is 1. The highest BCUT2D eigenvalue weighted by Gasteiger charge is 2.01. The first kappa shape index (κ1) is 12.4. The van der Waals surface area contributed by atoms with Gasteiger partial charge < -0.3 is 5.11 Å². The minimum absolute atomic E-state index is 0.138. The van der Waals surface area contributed by atoms with Crippen LogP contribution in [0, 0.1) is 6.92 Å². The maximum absolute atomic E-state index is 9.19. The second kappa shape index (κ2) is 5.50. The van der Waals surface area contributed by atoms with E-state index in [4.69, 9.17) is 0 Å². The standard InChI is InChI=1S/C16H17NO/c1-12-3-7-15(8-4-12)13(2)17-11-14-5-9-16(18)10-6-14/h3-11,13,18H,1-2H3. The number of benzene rings is 2. The van der Waals surface area contributed by atoms with Crippen LogP contribution < -0.4 is 0 Å². The fourth-order valence-electron chi connectivity index (χ4n) is 1.69. The van der Waals surface area contributed by atoms with Crippen molar-refractivity contribution in [2.24, 2.45) is 4.99 Å². The highest BCUT2D eigenvalue weighted by molar-refractivity contribution is 5.79. The lowest BCUT2D eigenvalue weighted by Gasteiger charge is -2.06. The van der Waals surface area contributed by atoms with Crippen LogP contribution in [0.25, 0.3) is 0 Å². The Morgan fingerprint density at radius 2 is 1.61 bits per heavy atom. The van der Waals surface area contributed by atoms with Crippen molar-refractivity contribution in [3.05, 3.63) is 65.2 Å². The lowest BCUT2D eigenvalue weighted by molar-refractivity contribution is 0.475. The Bertz CT molecular complexity index is 526. The van der Waals surface area contributed by atoms with Gasteiger partial charge in [0.05, 0.1) is 6.04 Å². The van der Waals surface area contributed by atoms with E-state index < -0.39 is 0 Å². The average molecular weight is 239 g/mol. The average Bonchev–Trinajstić information content (AvgIpc) is 2.38. The molecule has 0 amide bonds. The molecule has 0 aliphatic carbocycles. The van der Waals surface area contributed by atoms with Gasteiger partial charge in [0, 0.05) is 6.21 Å². The SMILES string of the molecule is Cc1ccc(C(C)N=Cc2ccc(O)cc2)cc1. The largest absolute Gasteiger partial charge is 0.508 e. The number of aromatic hydroxyl groups is 1. The number of phenols is 1. The summed E-state index contributed by atoms with van der Waals surface area (Å²) in [6, 6.07) is 15.6. The first-order chi connectivity index (χ1) is 8.65. The molecule has 2 nitrogen and oxygen atoms in total. The lowest BCUT2D eigenvalue weighted by Crippen LogP contribution is -1.91. The van der Waals surface area contributed by atoms with E-state index in [9.17, 15) is 5.11 Å². The zero-order chi connectivity index (χ0) is 13.0. The first-order valence-electron chi connectivity index (χ1n) is 6.04. The molecule has 2 aromatic carbocycles. The Morgan fingerprint density at radius 1 is 1.00 bits per heavy atom. The van der Waals surface area contributed by atoms with E-state index in [1.165, 1.54) is 11.1 Å². The summed E-state index contributed by atoms with van der Waals surface area (Å²) in [5.41, 5.74) is 3.45. The molecule has 1 atom stereocenters. The van der Waals surface area contributed by atoms with Crippen molar-refractivity contribution < 1.29 is 5.11 Å². The molecule has 2 heteroatoms. The van der Waals surface area contributed by atoms with E-state index in [1.54, 1.807) is 12.1 Å². The van der Waals surface area contributed by atoms with Crippen LogP contribution in [-0.2, 0) is 0 Å². The van der Waals surface area contributed by atoms with Gasteiger partial charge in [0.1, 0.15) is 5.75 Å². The maximum Gasteiger partial charge on any atom is 0.115 e. The van der Waals surface area contributed by atoms with Crippen LogP contribution in [0.15, 0.2) is 53.5 Å². The third-order valence-electron chi connectivity index (χ3n) is 2.90. The fourth-order valence-corrected chi connectivity index (χ4v) is 1.69. The monoisotopic (exact) mass is 239 g/mol. The van der Waals surface area contributed by atoms with E-state index in [2.05, 4.69) is 43.1 Å². The van der Waals surface area contributed by atoms with Gasteiger partial charge in [-0.3, -0.25) is 4.99 Å². The fraction of sp³-hybridized carbons (Fsp3) is 0.188. The number of nitrogens with zero attached hydrogens (tertiary/aromatic N) is 1. The summed E-state index contributed by atoms with van der Waals surface area (Å²) in [7, 11) is 0. The molecule has 1 unspecified atom stereocenters. The van der Waals surface area contributed by atoms with Crippen molar-refractivity contribution in [2.45, 2.75) is 19.9 Å². The summed E-state index contributed by atoms with van der Waals surface area (Å²) in [5.74, 6) is 0.277. The van der Waals surface area contributed by atoms with Crippen LogP contribution >= 0.6 is 0 Å². The zero-order valence-electron chi connectivity index (χ0n) is 10.7. The minimum Gasteiger partial charge on any atom is -0.508 e. The quantitative estimate of drug-likeness (QED) is 0.810. The lowest BCUT2D eigenvalue weighted by atomic mass is 10.1. The molecule has 0 bridgehead atoms. The predicted octanol–water partition coefficient (Wildman–Crippen LogP) is 3.88. The number of phenolic OH excluding ortho intramolecular Hbond substituents is 1. The smallest absolute Gasteiger partial charge is 0.115 e. The summed E-state index contributed by atoms with van der Waals surface area (Å²) < 4.78 is 0. The summed E-state index contributed by atoms with van der Waals surface area (Å²) in [6.45, 7) is 4.15. The van der Waals surface area contributed by atoms with Crippen LogP contribution in [-0.4, -0.2) is 11.3 Å². The van der Waals surface area contributed by atoms with Crippen molar-refractivity contribution in [1.82, 2.24) is 0 Å². The van der Waals surface area contributed by atoms with Gasteiger partial charge in [0.2, 0.25) is 0 Å². The molecule has 2 aromatic rings. The zero-order valence-corrected chi connectivity index (χ0v) is 10.7. The van der Waals surface area contributed by atoms with Crippen molar-refractivity contribution in [2.75, 3.05) is 0 Å². The molecule has 18 heavy (non-hydrogen) atoms. The molecule has 0 aliphatic rings. The van der Waals surface area contributed by atoms with Crippen molar-refractivity contribution in [1.29, 1.82) is 0 Å². The van der Waals surface area contributed by atoms with Gasteiger partial charge >= 0.3 is 0 Å². The molecule has 0 radical (unpaired) electrons. The topological polar surface area (TPSA) is 32.6 Å². The second-order valence-corrected chi connectivity index (χ2v) is 4.46. The first-order valence-corrected chi connectivity index (χ1v) is 6.04. The number of rotatable bonds is 3. The van der Waals surface area contributed by atoms with Gasteiger partial charge in [-0.1, -0.05) is 29.8 Å². The van der Waals surface area contributed by atoms with Crippen molar-refractivity contribution >= 4 is 6.21 Å². The van der Waals surface area contributed by atoms with Gasteiger partial charge in [-0.15, -0.1) is 0 Å². The number of hydrogen-bond donors (Lipinski definition) is 1. The van der Waals surface area contributed by atoms with Gasteiger partial charge in [0.25, 0.3) is 0 Å². The molecule has 0 heterocycles. The van der Waals surface area contributed by atoms with E-state index >= 15 is 0 Å². The Hall–Kier alpha value is -2.09. The Kier molecular flexibility index (Phi) is 3.78. The van der Waals surface area contributed by atoms with Crippen molar-refractivity contribution in [3.8, 4) is 5.75 Å². The Labute approximate surface area is 108 Å². The summed E-state index contributed by atoms with van der Waals surface area (Å²) >= 11 is 0. The molecule has 0 aromatic heterocycles. The Balaban J connectivity index is 2.08. The summed E-state index contributed by atoms with van der Waals surface area (Å²) in [5, 5.41) is 9.19. The van der Waals surface area contributed by atoms with E-state index in [1.807, 2.05) is 18.3 Å². The predicted molar refractivity (Wildman–Crippen MR) is 75.3 cm³/mol. The second-order valence-electron chi connectivity index (χ2n) is 4.46. The van der Waals surface area contributed by atoms with E-state index in [-0.39, 0.29) is 11.8 Å². The molecular formula is C16H17NO. The van der Waals surface area contributed by atoms with Gasteiger partial charge in [-0.05, 0) is 49.2 Å². The van der Waals surface area contributed by atoms with Gasteiger partial charge in [0.15, 0.2) is 0 Å². The molecule has 0 saturated carbocycles. The highest BCUT2D eigenvalue weighted by atomic mass is 16.3. The van der Waals surface area contributed by atoms with Crippen LogP contribution in [0.3, 0.4) is 0 Å². The molecule has 0 spiro atoms. The molecule has 1 N–H and O–H groups in total. The third kappa shape index (κ3) is 3.20. The molecule has 92 valence electrons. The van der Waals surface area contributed by atoms with Crippen LogP contribution in [0.2, 0.25) is 0 Å². The number of hydrogen-bond acceptors (Lipinski definition) is 2. The summed E-state index contributed by atoms with van der Waals surface area (Å²) in [6.07, 6.45) is 1.84. The van der Waals surface area contributed by atoms with E-state index in [0.29, 0.717) is 0 Å². The minimum atomic E-state index is 0.138. The van der Waals surface area contributed by atoms with E-state index in [0.717, 1.165) is 5.56 Å². The molecule has 2 rings (SSSR count). The highest BCUT2D eigenvalue weighted by Crippen LogP contribution is 2.17. The molecule has 0 saturated heterocycles. The molecular weight excluding hydrogens is 222 g/mol. The summed E-state index contributed by atoms with van der Waals surface area (Å²) in [4.78, 5) is 4.52. The molecule has 0 aliphatic heterocycles. The maximum atomic E-state index is 9.19. The third-order valence-corrected chi connectivity index (χ3v) is 2.90. The van der Waals surface area contributed by atoms with Crippen LogP contribution in [0.1, 0.15) is 29.7 Å². The van der Waals surface area contributed by atoms with Gasteiger partial charge in [-0.25, -0.2) is 0 Å². The number of aryl methyl sites for hydroxylation is 1. The normalized spacial score (nSPS) is 12.8. The van der Waals surface area contributed by atoms with Crippen LogP contribution in [0.5, 0.6) is 5.75 Å². The van der Waals surface area contributed by atoms with Crippen LogP contribution in [0.4, 0.5) is 0 Å². The molecule has 0 fully saturated rings. The van der Waals surface area contributed by atoms with Gasteiger partial charge in [-0.2, -0.15) is 0 Å². The van der Waals surface area contributed by atoms with Crippen molar-refractivity contribution in [3.63, 3.8) is 0 Å².